The molecule has 2 amide bonds. The van der Waals surface area contributed by atoms with Crippen LogP contribution < -0.4 is 10.6 Å². The van der Waals surface area contributed by atoms with Crippen molar-refractivity contribution in [3.05, 3.63) is 70.3 Å². The summed E-state index contributed by atoms with van der Waals surface area (Å²) < 4.78 is 13.5. The Labute approximate surface area is 164 Å². The minimum absolute atomic E-state index is 0.127. The smallest absolute Gasteiger partial charge is 0.245 e. The first-order valence-electron chi connectivity index (χ1n) is 8.02. The molecule has 3 rings (SSSR count). The number of benzene rings is 2. The quantitative estimate of drug-likeness (QED) is 0.655. The SMILES string of the molecule is O=C(Cc1ccccc1F)NCC(=O)Nc1nc(-c2ccc(Cl)cc2)cs1. The number of thiazole rings is 1. The minimum atomic E-state index is -0.449. The summed E-state index contributed by atoms with van der Waals surface area (Å²) in [6.07, 6.45) is -0.127. The van der Waals surface area contributed by atoms with Gasteiger partial charge in [-0.25, -0.2) is 9.37 Å². The second-order valence-corrected chi connectivity index (χ2v) is 6.93. The Balaban J connectivity index is 1.50. The number of carbonyl (C=O) groups excluding carboxylic acids is 2. The van der Waals surface area contributed by atoms with Gasteiger partial charge in [-0.2, -0.15) is 0 Å². The zero-order valence-electron chi connectivity index (χ0n) is 14.0. The molecule has 2 N–H and O–H groups in total. The number of halogens is 2. The molecule has 0 bridgehead atoms. The first-order valence-corrected chi connectivity index (χ1v) is 9.28. The standard InChI is InChI=1S/C19H15ClFN3O2S/c20-14-7-5-12(6-8-14)16-11-27-19(23-16)24-18(26)10-22-17(25)9-13-3-1-2-4-15(13)21/h1-8,11H,9-10H2,(H,22,25)(H,23,24,26). The largest absolute Gasteiger partial charge is 0.347 e. The molecule has 0 spiro atoms. The van der Waals surface area contributed by atoms with Crippen molar-refractivity contribution in [3.63, 3.8) is 0 Å². The molecule has 0 aliphatic carbocycles. The van der Waals surface area contributed by atoms with E-state index in [1.807, 2.05) is 17.5 Å². The van der Waals surface area contributed by atoms with Crippen LogP contribution in [-0.2, 0) is 16.0 Å². The second-order valence-electron chi connectivity index (χ2n) is 5.64. The predicted molar refractivity (Wildman–Crippen MR) is 104 cm³/mol. The number of nitrogens with one attached hydrogen (secondary N) is 2. The molecule has 0 aliphatic rings. The first kappa shape index (κ1) is 19.0. The molecule has 2 aromatic carbocycles. The molecular formula is C19H15ClFN3O2S. The summed E-state index contributed by atoms with van der Waals surface area (Å²) in [6.45, 7) is -0.219. The number of anilines is 1. The lowest BCUT2D eigenvalue weighted by molar-refractivity contribution is -0.123. The van der Waals surface area contributed by atoms with E-state index in [0.29, 0.717) is 10.2 Å². The molecule has 5 nitrogen and oxygen atoms in total. The lowest BCUT2D eigenvalue weighted by atomic mass is 10.1. The summed E-state index contributed by atoms with van der Waals surface area (Å²) in [5.74, 6) is -1.29. The number of amides is 2. The predicted octanol–water partition coefficient (Wildman–Crippen LogP) is 3.90. The lowest BCUT2D eigenvalue weighted by Crippen LogP contribution is -2.33. The summed E-state index contributed by atoms with van der Waals surface area (Å²) in [6, 6.07) is 13.2. The van der Waals surface area contributed by atoms with E-state index < -0.39 is 17.6 Å². The number of rotatable bonds is 6. The number of nitrogens with zero attached hydrogens (tertiary/aromatic N) is 1. The number of hydrogen-bond donors (Lipinski definition) is 2. The van der Waals surface area contributed by atoms with E-state index in [-0.39, 0.29) is 18.5 Å². The molecule has 138 valence electrons. The number of aromatic nitrogens is 1. The van der Waals surface area contributed by atoms with Crippen LogP contribution in [0.2, 0.25) is 5.02 Å². The Kier molecular flexibility index (Phi) is 6.16. The van der Waals surface area contributed by atoms with Crippen molar-refractivity contribution >= 4 is 39.9 Å². The normalized spacial score (nSPS) is 10.4. The van der Waals surface area contributed by atoms with Crippen molar-refractivity contribution in [1.82, 2.24) is 10.3 Å². The second kappa shape index (κ2) is 8.75. The van der Waals surface area contributed by atoms with Gasteiger partial charge < -0.3 is 10.6 Å². The molecule has 0 aliphatic heterocycles. The Bertz CT molecular complexity index is 960. The van der Waals surface area contributed by atoms with E-state index in [4.69, 9.17) is 11.6 Å². The van der Waals surface area contributed by atoms with Gasteiger partial charge in [0.15, 0.2) is 5.13 Å². The van der Waals surface area contributed by atoms with Gasteiger partial charge in [0.25, 0.3) is 0 Å². The maximum absolute atomic E-state index is 13.5. The third-order valence-corrected chi connectivity index (χ3v) is 4.66. The van der Waals surface area contributed by atoms with Crippen molar-refractivity contribution in [2.75, 3.05) is 11.9 Å². The summed E-state index contributed by atoms with van der Waals surface area (Å²) in [5.41, 5.74) is 1.88. The Morgan fingerprint density at radius 3 is 2.56 bits per heavy atom. The maximum Gasteiger partial charge on any atom is 0.245 e. The van der Waals surface area contributed by atoms with Gasteiger partial charge in [-0.05, 0) is 23.8 Å². The van der Waals surface area contributed by atoms with Gasteiger partial charge in [-0.3, -0.25) is 9.59 Å². The van der Waals surface area contributed by atoms with Crippen LogP contribution in [-0.4, -0.2) is 23.3 Å². The summed E-state index contributed by atoms with van der Waals surface area (Å²) >= 11 is 7.14. The topological polar surface area (TPSA) is 71.1 Å². The fourth-order valence-electron chi connectivity index (χ4n) is 2.30. The number of carbonyl (C=O) groups is 2. The van der Waals surface area contributed by atoms with Crippen LogP contribution in [0.1, 0.15) is 5.56 Å². The van der Waals surface area contributed by atoms with Crippen LogP contribution >= 0.6 is 22.9 Å². The lowest BCUT2D eigenvalue weighted by Gasteiger charge is -2.06. The van der Waals surface area contributed by atoms with E-state index in [9.17, 15) is 14.0 Å². The molecule has 8 heteroatoms. The van der Waals surface area contributed by atoms with Gasteiger partial charge >= 0.3 is 0 Å². The van der Waals surface area contributed by atoms with Crippen LogP contribution in [0, 0.1) is 5.82 Å². The highest BCUT2D eigenvalue weighted by Gasteiger charge is 2.11. The van der Waals surface area contributed by atoms with Gasteiger partial charge in [0.2, 0.25) is 11.8 Å². The van der Waals surface area contributed by atoms with Crippen LogP contribution in [0.3, 0.4) is 0 Å². The Hall–Kier alpha value is -2.77. The molecule has 0 saturated heterocycles. The zero-order chi connectivity index (χ0) is 19.2. The summed E-state index contributed by atoms with van der Waals surface area (Å²) in [5, 5.41) is 7.97. The van der Waals surface area contributed by atoms with Crippen LogP contribution in [0.25, 0.3) is 11.3 Å². The van der Waals surface area contributed by atoms with Crippen molar-refractivity contribution in [2.45, 2.75) is 6.42 Å². The van der Waals surface area contributed by atoms with Crippen molar-refractivity contribution in [1.29, 1.82) is 0 Å². The molecule has 1 heterocycles. The van der Waals surface area contributed by atoms with Gasteiger partial charge in [-0.1, -0.05) is 41.9 Å². The van der Waals surface area contributed by atoms with E-state index in [1.165, 1.54) is 23.5 Å². The Morgan fingerprint density at radius 2 is 1.81 bits per heavy atom. The highest BCUT2D eigenvalue weighted by molar-refractivity contribution is 7.14. The Morgan fingerprint density at radius 1 is 1.07 bits per heavy atom. The van der Waals surface area contributed by atoms with E-state index in [2.05, 4.69) is 15.6 Å². The fraction of sp³-hybridized carbons (Fsp3) is 0.105. The third-order valence-electron chi connectivity index (χ3n) is 3.65. The molecule has 0 radical (unpaired) electrons. The van der Waals surface area contributed by atoms with E-state index >= 15 is 0 Å². The molecule has 0 fully saturated rings. The maximum atomic E-state index is 13.5. The molecule has 1 aromatic heterocycles. The minimum Gasteiger partial charge on any atom is -0.347 e. The highest BCUT2D eigenvalue weighted by Crippen LogP contribution is 2.25. The first-order chi connectivity index (χ1) is 13.0. The molecule has 0 unspecified atom stereocenters. The van der Waals surface area contributed by atoms with Crippen molar-refractivity contribution in [3.8, 4) is 11.3 Å². The molecule has 27 heavy (non-hydrogen) atoms. The highest BCUT2D eigenvalue weighted by atomic mass is 35.5. The molecule has 0 saturated carbocycles. The van der Waals surface area contributed by atoms with Crippen molar-refractivity contribution in [2.24, 2.45) is 0 Å². The summed E-state index contributed by atoms with van der Waals surface area (Å²) in [7, 11) is 0. The molecule has 0 atom stereocenters. The monoisotopic (exact) mass is 403 g/mol. The summed E-state index contributed by atoms with van der Waals surface area (Å²) in [4.78, 5) is 28.2. The van der Waals surface area contributed by atoms with E-state index in [0.717, 1.165) is 11.3 Å². The molecule has 3 aromatic rings. The number of hydrogen-bond acceptors (Lipinski definition) is 4. The van der Waals surface area contributed by atoms with Crippen LogP contribution in [0.5, 0.6) is 0 Å². The zero-order valence-corrected chi connectivity index (χ0v) is 15.6. The average molecular weight is 404 g/mol. The van der Waals surface area contributed by atoms with E-state index in [1.54, 1.807) is 24.3 Å². The third kappa shape index (κ3) is 5.35. The molecular weight excluding hydrogens is 389 g/mol. The van der Waals surface area contributed by atoms with Crippen LogP contribution in [0.4, 0.5) is 9.52 Å². The van der Waals surface area contributed by atoms with Gasteiger partial charge in [-0.15, -0.1) is 11.3 Å². The van der Waals surface area contributed by atoms with Crippen molar-refractivity contribution < 1.29 is 14.0 Å². The van der Waals surface area contributed by atoms with Gasteiger partial charge in [0.05, 0.1) is 18.7 Å². The van der Waals surface area contributed by atoms with Crippen LogP contribution in [0.15, 0.2) is 53.9 Å². The fourth-order valence-corrected chi connectivity index (χ4v) is 3.17. The van der Waals surface area contributed by atoms with Gasteiger partial charge in [0, 0.05) is 16.0 Å². The van der Waals surface area contributed by atoms with Gasteiger partial charge in [0.1, 0.15) is 5.82 Å². The average Bonchev–Trinajstić information content (AvgIpc) is 3.11.